The Hall–Kier alpha value is -1.45. The summed E-state index contributed by atoms with van der Waals surface area (Å²) < 4.78 is 65.6. The topological polar surface area (TPSA) is 463 Å². The number of carbonyl (C=O) groups is 1. The van der Waals surface area contributed by atoms with E-state index in [4.69, 9.17) is 52.1 Å². The lowest BCUT2D eigenvalue weighted by Crippen LogP contribution is -2.68. The number of aliphatic hydroxyl groups is 17. The van der Waals surface area contributed by atoms with Crippen LogP contribution in [-0.4, -0.2) is 298 Å². The third kappa shape index (κ3) is 12.1. The number of ketones is 1. The normalized spacial score (nSPS) is 54.9. The predicted octanol–water partition coefficient (Wildman–Crippen LogP) is -6.31. The minimum atomic E-state index is -2.04. The fraction of sp³-hybridized carbons (Fsp3) is 0.982. The zero-order chi connectivity index (χ0) is 61.5. The molecule has 0 aromatic heterocycles. The van der Waals surface area contributed by atoms with E-state index in [1.54, 1.807) is 0 Å². The number of hydrogen-bond donors (Lipinski definition) is 17. The molecule has 4 saturated carbocycles. The van der Waals surface area contributed by atoms with E-state index in [0.717, 1.165) is 12.8 Å². The van der Waals surface area contributed by atoms with Crippen LogP contribution in [0.1, 0.15) is 85.5 Å². The van der Waals surface area contributed by atoms with Crippen molar-refractivity contribution >= 4 is 5.78 Å². The summed E-state index contributed by atoms with van der Waals surface area (Å²) in [5, 5.41) is 182. The monoisotopic (exact) mass is 1230 g/mol. The molecule has 4 aliphatic carbocycles. The van der Waals surface area contributed by atoms with Gasteiger partial charge < -0.3 is 139 Å². The van der Waals surface area contributed by atoms with E-state index < -0.39 is 198 Å². The Balaban J connectivity index is 0.769. The van der Waals surface area contributed by atoms with E-state index in [-0.39, 0.29) is 71.8 Å². The first-order chi connectivity index (χ1) is 40.2. The van der Waals surface area contributed by atoms with E-state index in [1.807, 2.05) is 13.8 Å². The van der Waals surface area contributed by atoms with Crippen molar-refractivity contribution in [2.45, 2.75) is 251 Å². The number of hydrogen-bond acceptors (Lipinski definition) is 29. The molecule has 10 aliphatic rings. The molecule has 29 heteroatoms. The van der Waals surface area contributed by atoms with Gasteiger partial charge in [-0.05, 0) is 80.0 Å². The third-order valence-corrected chi connectivity index (χ3v) is 21.7. The molecule has 36 atom stereocenters. The van der Waals surface area contributed by atoms with E-state index in [0.29, 0.717) is 38.5 Å². The summed E-state index contributed by atoms with van der Waals surface area (Å²) in [6.07, 6.45) is -36.8. The van der Waals surface area contributed by atoms with E-state index in [9.17, 15) is 91.6 Å². The molecule has 0 aromatic carbocycles. The van der Waals surface area contributed by atoms with Crippen molar-refractivity contribution in [3.63, 3.8) is 0 Å². The van der Waals surface area contributed by atoms with Gasteiger partial charge in [-0.15, -0.1) is 0 Å². The van der Waals surface area contributed by atoms with Crippen molar-refractivity contribution in [3.8, 4) is 0 Å². The summed E-state index contributed by atoms with van der Waals surface area (Å²) in [4.78, 5) is 14.9. The van der Waals surface area contributed by atoms with E-state index in [1.165, 1.54) is 0 Å². The number of ether oxygens (including phenoxy) is 11. The summed E-state index contributed by atoms with van der Waals surface area (Å²) in [5.74, 6) is -1.75. The van der Waals surface area contributed by atoms with Gasteiger partial charge in [0, 0.05) is 30.1 Å². The largest absolute Gasteiger partial charge is 0.394 e. The average molecular weight is 1230 g/mol. The van der Waals surface area contributed by atoms with Crippen molar-refractivity contribution in [1.29, 1.82) is 0 Å². The molecule has 85 heavy (non-hydrogen) atoms. The first-order valence-corrected chi connectivity index (χ1v) is 30.2. The summed E-state index contributed by atoms with van der Waals surface area (Å²) in [6.45, 7) is 4.47. The predicted molar refractivity (Wildman–Crippen MR) is 279 cm³/mol. The number of carbonyl (C=O) groups excluding carboxylic acids is 1. The highest BCUT2D eigenvalue weighted by atomic mass is 16.8. The fourth-order valence-corrected chi connectivity index (χ4v) is 16.5. The SMILES string of the molecule is C[C@H](CC[C@@]1(O)O[C@H]2C[C@H]3[C@@H]4CC[C@H]5C[C@@H](O[C@@H]6O[C@H](CO)[C@H](O[C@@H]7O[C@H](CO)[C@@H](O)[C@H](O[C@@H]8OC[C@@H](O)[C@H](O)[C@H]8O)[C@H]7O[C@@H]7O[C@H](CO)[C@@H](O)[C@H](O)[C@H]7O)[C@H](O)[C@H]6O)CC[C@]5(C)[C@H]4CC(=O)[C@]3(C)[C@H]2[C@@H]1C)CO[C@@H]1O[C@H](CO)[C@@H](O)[C@H](O)[C@H]1O. The highest BCUT2D eigenvalue weighted by Crippen LogP contribution is 2.70. The molecule has 0 aromatic rings. The molecular weight excluding hydrogens is 1140 g/mol. The number of aliphatic hydroxyl groups excluding tert-OH is 16. The van der Waals surface area contributed by atoms with Gasteiger partial charge >= 0.3 is 0 Å². The molecular formula is C56H92O29. The smallest absolute Gasteiger partial charge is 0.187 e. The molecule has 0 amide bonds. The molecule has 0 unspecified atom stereocenters. The molecule has 6 heterocycles. The van der Waals surface area contributed by atoms with Gasteiger partial charge in [-0.3, -0.25) is 4.79 Å². The Morgan fingerprint density at radius 1 is 0.576 bits per heavy atom. The summed E-state index contributed by atoms with van der Waals surface area (Å²) in [5.41, 5.74) is -1.01. The van der Waals surface area contributed by atoms with E-state index in [2.05, 4.69) is 13.8 Å². The van der Waals surface area contributed by atoms with Crippen LogP contribution in [0.15, 0.2) is 0 Å². The van der Waals surface area contributed by atoms with Gasteiger partial charge in [0.05, 0.1) is 51.8 Å². The standard InChI is InChI=1S/C56H92O29/c1-20(18-75-49-43(71)39(67)36(64)29(14-57)78-49)7-10-56(74)21(2)34-28(85-56)12-26-24-6-5-22-11-23(8-9-54(22,3)25(24)13-33(62)55(26,34)4)77-51-45(73)41(69)46(32(17-60)81-51)82-53-48(84-52-44(72)40(68)37(65)30(15-58)79-52)47(38(66)31(16-59)80-53)83-50-42(70)35(63)27(61)19-76-50/h20-32,34-53,57-61,63-74H,5-19H2,1-4H3/t20-,21+,22+,23+,24-,25+,26+,27-,28+,29-,30-,31-,32-,34+,35+,36-,37-,38-,39+,40+,41-,42-,43-,44-,45-,46+,47+,48-,49-,50+,51-,52+,53+,54+,55-,56-/m1/s1. The lowest BCUT2D eigenvalue weighted by atomic mass is 9.44. The first kappa shape index (κ1) is 66.5. The quantitative estimate of drug-likeness (QED) is 0.0568. The summed E-state index contributed by atoms with van der Waals surface area (Å²) in [7, 11) is 0. The van der Waals surface area contributed by atoms with Crippen molar-refractivity contribution in [2.75, 3.05) is 39.6 Å². The fourth-order valence-electron chi connectivity index (χ4n) is 16.5. The molecule has 0 bridgehead atoms. The van der Waals surface area contributed by atoms with E-state index >= 15 is 0 Å². The molecule has 6 aliphatic heterocycles. The molecule has 6 saturated heterocycles. The lowest BCUT2D eigenvalue weighted by molar-refractivity contribution is -0.404. The summed E-state index contributed by atoms with van der Waals surface area (Å²) >= 11 is 0. The minimum absolute atomic E-state index is 0.0191. The Morgan fingerprint density at radius 3 is 1.79 bits per heavy atom. The minimum Gasteiger partial charge on any atom is -0.394 e. The molecule has 0 spiro atoms. The Bertz CT molecular complexity index is 2220. The maximum atomic E-state index is 14.9. The molecule has 10 fully saturated rings. The Labute approximate surface area is 491 Å². The van der Waals surface area contributed by atoms with Crippen LogP contribution in [0.3, 0.4) is 0 Å². The molecule has 10 rings (SSSR count). The van der Waals surface area contributed by atoms with Crippen LogP contribution in [0.25, 0.3) is 0 Å². The molecule has 17 N–H and O–H groups in total. The number of fused-ring (bicyclic) bond motifs is 7. The van der Waals surface area contributed by atoms with Crippen LogP contribution in [0.4, 0.5) is 0 Å². The van der Waals surface area contributed by atoms with Crippen molar-refractivity contribution in [1.82, 2.24) is 0 Å². The summed E-state index contributed by atoms with van der Waals surface area (Å²) in [6, 6.07) is 0. The second kappa shape index (κ2) is 26.3. The first-order valence-electron chi connectivity index (χ1n) is 30.2. The Morgan fingerprint density at radius 2 is 1.13 bits per heavy atom. The maximum absolute atomic E-state index is 14.9. The van der Waals surface area contributed by atoms with Crippen LogP contribution in [0.5, 0.6) is 0 Å². The second-order valence-corrected chi connectivity index (χ2v) is 26.5. The number of rotatable bonds is 18. The lowest BCUT2D eigenvalue weighted by Gasteiger charge is -2.60. The molecule has 0 radical (unpaired) electrons. The van der Waals surface area contributed by atoms with Gasteiger partial charge in [0.1, 0.15) is 122 Å². The van der Waals surface area contributed by atoms with Gasteiger partial charge in [0.2, 0.25) is 0 Å². The van der Waals surface area contributed by atoms with Crippen molar-refractivity contribution < 1.29 is 144 Å². The van der Waals surface area contributed by atoms with Crippen molar-refractivity contribution in [2.24, 2.45) is 52.3 Å². The highest BCUT2D eigenvalue weighted by Gasteiger charge is 2.71. The average Bonchev–Trinajstić information content (AvgIpc) is 1.70. The number of Topliss-reactive ketones (excluding diaryl/α,β-unsaturated/α-hetero) is 1. The second-order valence-electron chi connectivity index (χ2n) is 26.5. The van der Waals surface area contributed by atoms with Gasteiger partial charge in [0.25, 0.3) is 0 Å². The zero-order valence-corrected chi connectivity index (χ0v) is 48.2. The Kier molecular flexibility index (Phi) is 20.5. The molecule has 490 valence electrons. The third-order valence-electron chi connectivity index (χ3n) is 21.7. The van der Waals surface area contributed by atoms with Crippen LogP contribution in [-0.2, 0) is 56.9 Å². The van der Waals surface area contributed by atoms with Gasteiger partial charge in [-0.2, -0.15) is 0 Å². The molecule has 29 nitrogen and oxygen atoms in total. The highest BCUT2D eigenvalue weighted by molar-refractivity contribution is 5.87. The zero-order valence-electron chi connectivity index (χ0n) is 48.2. The van der Waals surface area contributed by atoms with Gasteiger partial charge in [-0.25, -0.2) is 0 Å². The van der Waals surface area contributed by atoms with Gasteiger partial charge in [-0.1, -0.05) is 27.7 Å². The van der Waals surface area contributed by atoms with Crippen molar-refractivity contribution in [3.05, 3.63) is 0 Å². The van der Waals surface area contributed by atoms with Crippen LogP contribution in [0, 0.1) is 52.3 Å². The van der Waals surface area contributed by atoms with Crippen LogP contribution < -0.4 is 0 Å². The van der Waals surface area contributed by atoms with Gasteiger partial charge in [0.15, 0.2) is 37.2 Å². The van der Waals surface area contributed by atoms with Crippen LogP contribution >= 0.6 is 0 Å². The van der Waals surface area contributed by atoms with Crippen LogP contribution in [0.2, 0.25) is 0 Å². The maximum Gasteiger partial charge on any atom is 0.187 e.